The fourth-order valence-corrected chi connectivity index (χ4v) is 2.04. The molecule has 4 heteroatoms. The molecule has 1 heterocycles. The van der Waals surface area contributed by atoms with Crippen LogP contribution in [-0.2, 0) is 6.42 Å². The van der Waals surface area contributed by atoms with Crippen LogP contribution in [0.1, 0.15) is 5.56 Å². The fourth-order valence-electron chi connectivity index (χ4n) is 2.04. The zero-order valence-electron chi connectivity index (χ0n) is 8.95. The largest absolute Gasteiger partial charge is 0.389 e. The average Bonchev–Trinajstić information content (AvgIpc) is 2.31. The fraction of sp³-hybridized carbons (Fsp3) is 0.500. The summed E-state index contributed by atoms with van der Waals surface area (Å²) in [5.74, 6) is 0. The molecule has 1 saturated heterocycles. The minimum absolute atomic E-state index is 0.208. The number of aliphatic hydroxyl groups is 3. The van der Waals surface area contributed by atoms with E-state index in [2.05, 4.69) is 5.32 Å². The summed E-state index contributed by atoms with van der Waals surface area (Å²) in [6.07, 6.45) is -2.23. The first-order chi connectivity index (χ1) is 7.68. The van der Waals surface area contributed by atoms with Gasteiger partial charge in [-0.25, -0.2) is 0 Å². The van der Waals surface area contributed by atoms with Crippen molar-refractivity contribution in [2.75, 3.05) is 6.54 Å². The number of piperidine rings is 1. The van der Waals surface area contributed by atoms with Gasteiger partial charge < -0.3 is 20.6 Å². The quantitative estimate of drug-likeness (QED) is 0.534. The van der Waals surface area contributed by atoms with Crippen molar-refractivity contribution >= 4 is 0 Å². The van der Waals surface area contributed by atoms with Crippen molar-refractivity contribution in [3.63, 3.8) is 0 Å². The summed E-state index contributed by atoms with van der Waals surface area (Å²) < 4.78 is 0. The van der Waals surface area contributed by atoms with Crippen LogP contribution in [0.15, 0.2) is 30.3 Å². The van der Waals surface area contributed by atoms with Gasteiger partial charge in [-0.15, -0.1) is 0 Å². The van der Waals surface area contributed by atoms with Gasteiger partial charge in [0.1, 0.15) is 6.10 Å². The Kier molecular flexibility index (Phi) is 3.56. The molecule has 0 spiro atoms. The molecule has 1 fully saturated rings. The highest BCUT2D eigenvalue weighted by atomic mass is 16.4. The van der Waals surface area contributed by atoms with Crippen molar-refractivity contribution in [1.29, 1.82) is 0 Å². The molecule has 0 bridgehead atoms. The van der Waals surface area contributed by atoms with Crippen molar-refractivity contribution in [2.24, 2.45) is 0 Å². The van der Waals surface area contributed by atoms with E-state index >= 15 is 0 Å². The summed E-state index contributed by atoms with van der Waals surface area (Å²) in [7, 11) is 0. The Morgan fingerprint density at radius 1 is 1.06 bits per heavy atom. The number of aliphatic hydroxyl groups excluding tert-OH is 3. The SMILES string of the molecule is O[C@@H]1[C@H](O)[C@H](Cc2ccccc2)NC[C@H]1O. The molecule has 88 valence electrons. The standard InChI is InChI=1S/C12H17NO3/c14-10-7-13-9(11(15)12(10)16)6-8-4-2-1-3-5-8/h1-5,9-16H,6-7H2/t9-,10+,11+,12-/m0/s1. The molecular formula is C12H17NO3. The van der Waals surface area contributed by atoms with Crippen LogP contribution in [0.25, 0.3) is 0 Å². The molecule has 1 aromatic carbocycles. The van der Waals surface area contributed by atoms with Crippen molar-refractivity contribution in [2.45, 2.75) is 30.8 Å². The number of hydrogen-bond acceptors (Lipinski definition) is 4. The van der Waals surface area contributed by atoms with E-state index in [1.807, 2.05) is 30.3 Å². The maximum atomic E-state index is 9.80. The topological polar surface area (TPSA) is 72.7 Å². The Morgan fingerprint density at radius 2 is 1.75 bits per heavy atom. The maximum Gasteiger partial charge on any atom is 0.108 e. The Bertz CT molecular complexity index is 330. The predicted octanol–water partition coefficient (Wildman–Crippen LogP) is -0.716. The molecule has 0 amide bonds. The zero-order chi connectivity index (χ0) is 11.5. The van der Waals surface area contributed by atoms with Gasteiger partial charge in [0.05, 0.1) is 12.2 Å². The lowest BCUT2D eigenvalue weighted by molar-refractivity contribution is -0.0937. The van der Waals surface area contributed by atoms with Crippen LogP contribution >= 0.6 is 0 Å². The predicted molar refractivity (Wildman–Crippen MR) is 60.0 cm³/mol. The van der Waals surface area contributed by atoms with Crippen molar-refractivity contribution < 1.29 is 15.3 Å². The second-order valence-electron chi connectivity index (χ2n) is 4.25. The molecule has 16 heavy (non-hydrogen) atoms. The summed E-state index contributed by atoms with van der Waals surface area (Å²) in [6, 6.07) is 9.57. The second-order valence-corrected chi connectivity index (χ2v) is 4.25. The number of β-amino-alcohol motifs (C(OH)–C–C–N with tert-alkyl or cyclic N) is 1. The third kappa shape index (κ3) is 2.41. The Labute approximate surface area is 94.5 Å². The summed E-state index contributed by atoms with van der Waals surface area (Å²) in [4.78, 5) is 0. The van der Waals surface area contributed by atoms with Gasteiger partial charge in [0, 0.05) is 12.6 Å². The molecule has 1 aliphatic heterocycles. The lowest BCUT2D eigenvalue weighted by Gasteiger charge is -2.36. The first-order valence-corrected chi connectivity index (χ1v) is 5.50. The van der Waals surface area contributed by atoms with E-state index < -0.39 is 18.3 Å². The number of nitrogens with one attached hydrogen (secondary N) is 1. The van der Waals surface area contributed by atoms with Gasteiger partial charge in [0.25, 0.3) is 0 Å². The van der Waals surface area contributed by atoms with E-state index in [1.165, 1.54) is 0 Å². The van der Waals surface area contributed by atoms with Crippen LogP contribution in [0.4, 0.5) is 0 Å². The highest BCUT2D eigenvalue weighted by Crippen LogP contribution is 2.14. The maximum absolute atomic E-state index is 9.80. The minimum Gasteiger partial charge on any atom is -0.389 e. The van der Waals surface area contributed by atoms with Crippen LogP contribution in [0, 0.1) is 0 Å². The number of hydrogen-bond donors (Lipinski definition) is 4. The summed E-state index contributed by atoms with van der Waals surface area (Å²) in [6.45, 7) is 0.315. The Morgan fingerprint density at radius 3 is 2.44 bits per heavy atom. The van der Waals surface area contributed by atoms with E-state index in [0.29, 0.717) is 13.0 Å². The Balaban J connectivity index is 2.00. The van der Waals surface area contributed by atoms with E-state index in [9.17, 15) is 15.3 Å². The van der Waals surface area contributed by atoms with Crippen molar-refractivity contribution in [1.82, 2.24) is 5.32 Å². The molecule has 2 rings (SSSR count). The zero-order valence-corrected chi connectivity index (χ0v) is 8.95. The molecule has 1 aromatic rings. The molecule has 4 N–H and O–H groups in total. The van der Waals surface area contributed by atoms with Gasteiger partial charge in [-0.05, 0) is 12.0 Å². The van der Waals surface area contributed by atoms with Crippen LogP contribution in [0.5, 0.6) is 0 Å². The molecule has 0 radical (unpaired) electrons. The normalized spacial score (nSPS) is 34.9. The molecule has 0 saturated carbocycles. The van der Waals surface area contributed by atoms with Crippen LogP contribution in [0.3, 0.4) is 0 Å². The Hall–Kier alpha value is -0.940. The third-order valence-corrected chi connectivity index (χ3v) is 3.04. The van der Waals surface area contributed by atoms with Gasteiger partial charge in [0.15, 0.2) is 0 Å². The van der Waals surface area contributed by atoms with Gasteiger partial charge in [0.2, 0.25) is 0 Å². The molecule has 0 aliphatic carbocycles. The van der Waals surface area contributed by atoms with E-state index in [-0.39, 0.29) is 6.04 Å². The molecule has 0 aromatic heterocycles. The van der Waals surface area contributed by atoms with Gasteiger partial charge in [-0.1, -0.05) is 30.3 Å². The molecule has 4 atom stereocenters. The highest BCUT2D eigenvalue weighted by Gasteiger charge is 2.35. The van der Waals surface area contributed by atoms with Crippen LogP contribution in [0.2, 0.25) is 0 Å². The molecular weight excluding hydrogens is 206 g/mol. The van der Waals surface area contributed by atoms with Gasteiger partial charge >= 0.3 is 0 Å². The first kappa shape index (κ1) is 11.5. The lowest BCUT2D eigenvalue weighted by atomic mass is 9.91. The van der Waals surface area contributed by atoms with Crippen molar-refractivity contribution in [3.8, 4) is 0 Å². The third-order valence-electron chi connectivity index (χ3n) is 3.04. The van der Waals surface area contributed by atoms with Crippen molar-refractivity contribution in [3.05, 3.63) is 35.9 Å². The molecule has 0 unspecified atom stereocenters. The summed E-state index contributed by atoms with van der Waals surface area (Å²) in [5.41, 5.74) is 1.10. The minimum atomic E-state index is -1.06. The highest BCUT2D eigenvalue weighted by molar-refractivity contribution is 5.17. The van der Waals surface area contributed by atoms with E-state index in [4.69, 9.17) is 0 Å². The number of benzene rings is 1. The van der Waals surface area contributed by atoms with Gasteiger partial charge in [-0.3, -0.25) is 0 Å². The first-order valence-electron chi connectivity index (χ1n) is 5.50. The number of rotatable bonds is 2. The van der Waals surface area contributed by atoms with E-state index in [0.717, 1.165) is 5.56 Å². The van der Waals surface area contributed by atoms with Crippen LogP contribution < -0.4 is 5.32 Å². The summed E-state index contributed by atoms with van der Waals surface area (Å²) >= 11 is 0. The molecule has 4 nitrogen and oxygen atoms in total. The lowest BCUT2D eigenvalue weighted by Crippen LogP contribution is -2.60. The molecule has 1 aliphatic rings. The van der Waals surface area contributed by atoms with E-state index in [1.54, 1.807) is 0 Å². The smallest absolute Gasteiger partial charge is 0.108 e. The van der Waals surface area contributed by atoms with Gasteiger partial charge in [-0.2, -0.15) is 0 Å². The van der Waals surface area contributed by atoms with Crippen LogP contribution in [-0.4, -0.2) is 46.2 Å². The monoisotopic (exact) mass is 223 g/mol. The summed E-state index contributed by atoms with van der Waals surface area (Å²) in [5, 5.41) is 31.7. The average molecular weight is 223 g/mol. The second kappa shape index (κ2) is 4.93.